The van der Waals surface area contributed by atoms with E-state index in [2.05, 4.69) is 11.9 Å². The van der Waals surface area contributed by atoms with Gasteiger partial charge in [0.05, 0.1) is 0 Å². The van der Waals surface area contributed by atoms with Gasteiger partial charge in [-0.2, -0.15) is 4.99 Å². The average molecular weight is 247 g/mol. The fourth-order valence-electron chi connectivity index (χ4n) is 2.02. The summed E-state index contributed by atoms with van der Waals surface area (Å²) in [4.78, 5) is 14.1. The van der Waals surface area contributed by atoms with Crippen molar-refractivity contribution >= 4 is 6.08 Å². The maximum atomic E-state index is 10.5. The van der Waals surface area contributed by atoms with Crippen molar-refractivity contribution in [2.45, 2.75) is 51.2 Å². The Hall–Kier alpha value is -1.44. The summed E-state index contributed by atoms with van der Waals surface area (Å²) < 4.78 is 0. The summed E-state index contributed by atoms with van der Waals surface area (Å²) in [6.07, 6.45) is 7.42. The first-order valence-electron chi connectivity index (χ1n) is 6.60. The molecule has 0 saturated heterocycles. The molecule has 0 aliphatic rings. The molecule has 1 aromatic rings. The number of carbonyl (C=O) groups excluding carboxylic acids is 1. The molecule has 0 saturated carbocycles. The fraction of sp³-hybridized carbons (Fsp3) is 0.533. The van der Waals surface area contributed by atoms with E-state index in [1.165, 1.54) is 18.9 Å². The number of hydrogen-bond donors (Lipinski definition) is 1. The summed E-state index contributed by atoms with van der Waals surface area (Å²) in [5.74, 6) is 0. The molecule has 1 rings (SSSR count). The van der Waals surface area contributed by atoms with Gasteiger partial charge >= 0.3 is 0 Å². The first kappa shape index (κ1) is 14.6. The Balaban J connectivity index is 2.61. The zero-order valence-corrected chi connectivity index (χ0v) is 10.9. The van der Waals surface area contributed by atoms with E-state index in [-0.39, 0.29) is 0 Å². The van der Waals surface area contributed by atoms with Crippen LogP contribution in [0.5, 0.6) is 0 Å². The molecule has 3 nitrogen and oxygen atoms in total. The van der Waals surface area contributed by atoms with Gasteiger partial charge in [0.1, 0.15) is 0 Å². The van der Waals surface area contributed by atoms with Crippen LogP contribution < -0.4 is 0 Å². The second-order valence-corrected chi connectivity index (χ2v) is 4.55. The minimum atomic E-state index is -1.41. The highest BCUT2D eigenvalue weighted by Crippen LogP contribution is 2.28. The van der Waals surface area contributed by atoms with E-state index in [9.17, 15) is 9.90 Å². The van der Waals surface area contributed by atoms with Crippen LogP contribution in [0.1, 0.15) is 51.0 Å². The number of nitrogens with zero attached hydrogens (tertiary/aromatic N) is 1. The summed E-state index contributed by atoms with van der Waals surface area (Å²) in [5, 5.41) is 10.4. The summed E-state index contributed by atoms with van der Waals surface area (Å²) in [5.41, 5.74) is -0.751. The first-order valence-corrected chi connectivity index (χ1v) is 6.60. The first-order chi connectivity index (χ1) is 8.73. The van der Waals surface area contributed by atoms with Crippen molar-refractivity contribution in [2.75, 3.05) is 0 Å². The van der Waals surface area contributed by atoms with E-state index >= 15 is 0 Å². The predicted octanol–water partition coefficient (Wildman–Crippen LogP) is 3.53. The lowest BCUT2D eigenvalue weighted by molar-refractivity contribution is 0.0343. The van der Waals surface area contributed by atoms with Gasteiger partial charge in [-0.1, -0.05) is 62.9 Å². The van der Waals surface area contributed by atoms with E-state index in [1.54, 1.807) is 12.1 Å². The molecule has 1 aromatic carbocycles. The monoisotopic (exact) mass is 247 g/mol. The molecule has 0 bridgehead atoms. The van der Waals surface area contributed by atoms with Crippen LogP contribution in [0.25, 0.3) is 0 Å². The molecule has 1 atom stereocenters. The lowest BCUT2D eigenvalue weighted by atomic mass is 9.96. The molecular formula is C15H21NO2. The lowest BCUT2D eigenvalue weighted by Crippen LogP contribution is -2.22. The van der Waals surface area contributed by atoms with Crippen LogP contribution in [-0.2, 0) is 10.5 Å². The van der Waals surface area contributed by atoms with E-state index in [1.807, 2.05) is 18.2 Å². The van der Waals surface area contributed by atoms with Crippen molar-refractivity contribution in [3.8, 4) is 0 Å². The number of hydrogen-bond acceptors (Lipinski definition) is 3. The van der Waals surface area contributed by atoms with Crippen LogP contribution in [-0.4, -0.2) is 11.2 Å². The Morgan fingerprint density at radius 1 is 1.17 bits per heavy atom. The average Bonchev–Trinajstić information content (AvgIpc) is 2.40. The molecule has 1 unspecified atom stereocenters. The minimum absolute atomic E-state index is 0.468. The Labute approximate surface area is 109 Å². The molecule has 98 valence electrons. The van der Waals surface area contributed by atoms with E-state index < -0.39 is 5.72 Å². The number of aliphatic imine (C=N–C) groups is 1. The van der Waals surface area contributed by atoms with Crippen molar-refractivity contribution in [2.24, 2.45) is 4.99 Å². The van der Waals surface area contributed by atoms with Crippen molar-refractivity contribution in [3.05, 3.63) is 35.9 Å². The van der Waals surface area contributed by atoms with E-state index in [4.69, 9.17) is 0 Å². The molecule has 3 heteroatoms. The van der Waals surface area contributed by atoms with E-state index in [0.717, 1.165) is 19.3 Å². The van der Waals surface area contributed by atoms with Gasteiger partial charge in [0, 0.05) is 12.0 Å². The van der Waals surface area contributed by atoms with Gasteiger partial charge in [0.15, 0.2) is 5.72 Å². The molecule has 0 radical (unpaired) electrons. The summed E-state index contributed by atoms with van der Waals surface area (Å²) in [7, 11) is 0. The van der Waals surface area contributed by atoms with Crippen LogP contribution >= 0.6 is 0 Å². The molecule has 0 aliphatic heterocycles. The Bertz CT molecular complexity index is 385. The van der Waals surface area contributed by atoms with Gasteiger partial charge in [0.2, 0.25) is 6.08 Å². The number of benzene rings is 1. The molecule has 0 aromatic heterocycles. The molecule has 0 spiro atoms. The molecule has 0 amide bonds. The largest absolute Gasteiger partial charge is 0.365 e. The third-order valence-corrected chi connectivity index (χ3v) is 3.10. The maximum Gasteiger partial charge on any atom is 0.238 e. The third kappa shape index (κ3) is 4.44. The Morgan fingerprint density at radius 3 is 2.44 bits per heavy atom. The van der Waals surface area contributed by atoms with Gasteiger partial charge in [-0.3, -0.25) is 0 Å². The van der Waals surface area contributed by atoms with Crippen molar-refractivity contribution in [1.29, 1.82) is 0 Å². The third-order valence-electron chi connectivity index (χ3n) is 3.10. The van der Waals surface area contributed by atoms with Gasteiger partial charge < -0.3 is 5.11 Å². The standard InChI is InChI=1S/C15H21NO2/c1-2-3-4-5-9-12-15(18,16-13-17)14-10-7-6-8-11-14/h6-8,10-11,18H,2-5,9,12H2,1H3. The van der Waals surface area contributed by atoms with Crippen LogP contribution in [0, 0.1) is 0 Å². The minimum Gasteiger partial charge on any atom is -0.365 e. The number of isocyanates is 1. The fourth-order valence-corrected chi connectivity index (χ4v) is 2.02. The van der Waals surface area contributed by atoms with Gasteiger partial charge in [-0.25, -0.2) is 4.79 Å². The van der Waals surface area contributed by atoms with Crippen molar-refractivity contribution < 1.29 is 9.90 Å². The van der Waals surface area contributed by atoms with Crippen LogP contribution in [0.3, 0.4) is 0 Å². The van der Waals surface area contributed by atoms with Crippen LogP contribution in [0.15, 0.2) is 35.3 Å². The molecule has 0 fully saturated rings. The van der Waals surface area contributed by atoms with Crippen LogP contribution in [0.2, 0.25) is 0 Å². The van der Waals surface area contributed by atoms with Crippen molar-refractivity contribution in [1.82, 2.24) is 0 Å². The molecular weight excluding hydrogens is 226 g/mol. The van der Waals surface area contributed by atoms with Gasteiger partial charge in [0.25, 0.3) is 0 Å². The zero-order valence-electron chi connectivity index (χ0n) is 10.9. The SMILES string of the molecule is CCCCCCCC(O)(N=C=O)c1ccccc1. The Morgan fingerprint density at radius 2 is 1.83 bits per heavy atom. The second-order valence-electron chi connectivity index (χ2n) is 4.55. The van der Waals surface area contributed by atoms with Crippen molar-refractivity contribution in [3.63, 3.8) is 0 Å². The highest BCUT2D eigenvalue weighted by Gasteiger charge is 2.27. The highest BCUT2D eigenvalue weighted by molar-refractivity contribution is 5.36. The molecule has 0 aliphatic carbocycles. The summed E-state index contributed by atoms with van der Waals surface area (Å²) in [6.45, 7) is 2.16. The van der Waals surface area contributed by atoms with Gasteiger partial charge in [-0.15, -0.1) is 0 Å². The zero-order chi connectivity index (χ0) is 13.3. The quantitative estimate of drug-likeness (QED) is 0.434. The Kier molecular flexibility index (Phi) is 6.34. The highest BCUT2D eigenvalue weighted by atomic mass is 16.3. The molecule has 1 N–H and O–H groups in total. The normalized spacial score (nSPS) is 13.7. The number of unbranched alkanes of at least 4 members (excludes halogenated alkanes) is 4. The topological polar surface area (TPSA) is 49.7 Å². The van der Waals surface area contributed by atoms with Gasteiger partial charge in [-0.05, 0) is 6.42 Å². The lowest BCUT2D eigenvalue weighted by Gasteiger charge is -2.22. The van der Waals surface area contributed by atoms with Crippen LogP contribution in [0.4, 0.5) is 0 Å². The summed E-state index contributed by atoms with van der Waals surface area (Å²) >= 11 is 0. The smallest absolute Gasteiger partial charge is 0.238 e. The number of rotatable bonds is 8. The molecule has 18 heavy (non-hydrogen) atoms. The molecule has 0 heterocycles. The maximum absolute atomic E-state index is 10.5. The second kappa shape index (κ2) is 7.80. The number of aliphatic hydroxyl groups is 1. The predicted molar refractivity (Wildman–Crippen MR) is 71.8 cm³/mol. The van der Waals surface area contributed by atoms with E-state index in [0.29, 0.717) is 12.0 Å². The summed E-state index contributed by atoms with van der Waals surface area (Å²) in [6, 6.07) is 9.10.